The van der Waals surface area contributed by atoms with Crippen LogP contribution in [0.5, 0.6) is 0 Å². The number of rotatable bonds is 4. The molecule has 2 saturated heterocycles. The third kappa shape index (κ3) is 3.84. The zero-order valence-corrected chi connectivity index (χ0v) is 17.2. The zero-order chi connectivity index (χ0) is 20.6. The molecule has 0 bridgehead atoms. The molecule has 0 saturated carbocycles. The second-order valence-electron chi connectivity index (χ2n) is 8.98. The fourth-order valence-electron chi connectivity index (χ4n) is 5.39. The number of piperidine rings is 1. The second-order valence-corrected chi connectivity index (χ2v) is 8.98. The number of aromatic nitrogens is 1. The molecule has 5 rings (SSSR count). The lowest BCUT2D eigenvalue weighted by atomic mass is 9.79. The molecule has 3 nitrogen and oxygen atoms in total. The summed E-state index contributed by atoms with van der Waals surface area (Å²) in [6.07, 6.45) is 5.34. The van der Waals surface area contributed by atoms with Gasteiger partial charge in [-0.25, -0.2) is 8.78 Å². The van der Waals surface area contributed by atoms with E-state index in [0.717, 1.165) is 51.1 Å². The SMILES string of the molecule is Fc1cccc(CN2CCCC3(CCN(Cc4cccc5cccnc45)C3)C2)c1F. The highest BCUT2D eigenvalue weighted by Gasteiger charge is 2.41. The van der Waals surface area contributed by atoms with E-state index in [2.05, 4.69) is 39.0 Å². The monoisotopic (exact) mass is 407 g/mol. The molecule has 2 aromatic carbocycles. The van der Waals surface area contributed by atoms with Crippen molar-refractivity contribution in [2.75, 3.05) is 26.2 Å². The normalized spacial score (nSPS) is 22.9. The number of nitrogens with zero attached hydrogens (tertiary/aromatic N) is 3. The largest absolute Gasteiger partial charge is 0.298 e. The highest BCUT2D eigenvalue weighted by molar-refractivity contribution is 5.81. The summed E-state index contributed by atoms with van der Waals surface area (Å²) in [6.45, 7) is 5.43. The minimum absolute atomic E-state index is 0.250. The van der Waals surface area contributed by atoms with Gasteiger partial charge in [-0.1, -0.05) is 36.4 Å². The van der Waals surface area contributed by atoms with Gasteiger partial charge in [-0.05, 0) is 55.5 Å². The molecule has 0 radical (unpaired) electrons. The fourth-order valence-corrected chi connectivity index (χ4v) is 5.39. The molecule has 5 heteroatoms. The standard InChI is InChI=1S/C25H27F2N3/c26-22-9-2-6-20(23(22)27)15-29-13-4-10-25(17-29)11-14-30(18-25)16-21-7-1-5-19-8-3-12-28-24(19)21/h1-3,5-9,12H,4,10-11,13-18H2. The summed E-state index contributed by atoms with van der Waals surface area (Å²) in [5.41, 5.74) is 3.08. The molecule has 3 heterocycles. The Morgan fingerprint density at radius 1 is 0.833 bits per heavy atom. The number of halogens is 2. The van der Waals surface area contributed by atoms with Crippen molar-refractivity contribution in [3.63, 3.8) is 0 Å². The molecule has 2 aliphatic heterocycles. The van der Waals surface area contributed by atoms with Gasteiger partial charge >= 0.3 is 0 Å². The van der Waals surface area contributed by atoms with E-state index in [1.54, 1.807) is 12.1 Å². The number of hydrogen-bond donors (Lipinski definition) is 0. The van der Waals surface area contributed by atoms with Gasteiger partial charge in [0.2, 0.25) is 0 Å². The Bertz CT molecular complexity index is 1050. The maximum absolute atomic E-state index is 14.1. The molecule has 1 atom stereocenters. The van der Waals surface area contributed by atoms with Gasteiger partial charge in [0, 0.05) is 43.3 Å². The van der Waals surface area contributed by atoms with Crippen LogP contribution in [0.15, 0.2) is 54.7 Å². The molecule has 0 N–H and O–H groups in total. The van der Waals surface area contributed by atoms with Gasteiger partial charge in [-0.2, -0.15) is 0 Å². The van der Waals surface area contributed by atoms with Crippen LogP contribution in [0, 0.1) is 17.0 Å². The van der Waals surface area contributed by atoms with Crippen molar-refractivity contribution >= 4 is 10.9 Å². The van der Waals surface area contributed by atoms with Gasteiger partial charge in [0.25, 0.3) is 0 Å². The van der Waals surface area contributed by atoms with Crippen LogP contribution in [-0.2, 0) is 13.1 Å². The minimum Gasteiger partial charge on any atom is -0.298 e. The summed E-state index contributed by atoms with van der Waals surface area (Å²) in [7, 11) is 0. The quantitative estimate of drug-likeness (QED) is 0.607. The van der Waals surface area contributed by atoms with E-state index < -0.39 is 11.6 Å². The summed E-state index contributed by atoms with van der Waals surface area (Å²) in [5, 5.41) is 1.19. The van der Waals surface area contributed by atoms with E-state index in [4.69, 9.17) is 0 Å². The van der Waals surface area contributed by atoms with Gasteiger partial charge in [0.05, 0.1) is 5.52 Å². The van der Waals surface area contributed by atoms with E-state index in [1.807, 2.05) is 12.3 Å². The summed E-state index contributed by atoms with van der Waals surface area (Å²) >= 11 is 0. The topological polar surface area (TPSA) is 19.4 Å². The Balaban J connectivity index is 1.27. The average molecular weight is 408 g/mol. The molecule has 0 aliphatic carbocycles. The molecule has 156 valence electrons. The predicted octanol–water partition coefficient (Wildman–Crippen LogP) is 5.00. The third-order valence-electron chi connectivity index (χ3n) is 6.79. The van der Waals surface area contributed by atoms with E-state index in [9.17, 15) is 8.78 Å². The molecule has 0 amide bonds. The number of hydrogen-bond acceptors (Lipinski definition) is 3. The average Bonchev–Trinajstić information content (AvgIpc) is 3.13. The Kier molecular flexibility index (Phi) is 5.25. The second kappa shape index (κ2) is 8.05. The number of para-hydroxylation sites is 1. The molecule has 1 aromatic heterocycles. The summed E-state index contributed by atoms with van der Waals surface area (Å²) < 4.78 is 27.7. The highest BCUT2D eigenvalue weighted by Crippen LogP contribution is 2.40. The van der Waals surface area contributed by atoms with Gasteiger partial charge < -0.3 is 0 Å². The van der Waals surface area contributed by atoms with Crippen molar-refractivity contribution in [2.45, 2.75) is 32.4 Å². The number of benzene rings is 2. The first-order valence-corrected chi connectivity index (χ1v) is 10.8. The first kappa shape index (κ1) is 19.6. The van der Waals surface area contributed by atoms with Crippen molar-refractivity contribution < 1.29 is 8.78 Å². The molecule has 1 spiro atoms. The van der Waals surface area contributed by atoms with Crippen LogP contribution in [0.4, 0.5) is 8.78 Å². The van der Waals surface area contributed by atoms with Crippen LogP contribution >= 0.6 is 0 Å². The fraction of sp³-hybridized carbons (Fsp3) is 0.400. The third-order valence-corrected chi connectivity index (χ3v) is 6.79. The summed E-state index contributed by atoms with van der Waals surface area (Å²) in [5.74, 6) is -1.46. The van der Waals surface area contributed by atoms with E-state index in [1.165, 1.54) is 23.4 Å². The van der Waals surface area contributed by atoms with Gasteiger partial charge in [-0.3, -0.25) is 14.8 Å². The van der Waals surface area contributed by atoms with Crippen LogP contribution in [0.2, 0.25) is 0 Å². The summed E-state index contributed by atoms with van der Waals surface area (Å²) in [6, 6.07) is 15.0. The van der Waals surface area contributed by atoms with Crippen molar-refractivity contribution in [2.24, 2.45) is 5.41 Å². The van der Waals surface area contributed by atoms with Crippen LogP contribution in [0.1, 0.15) is 30.4 Å². The van der Waals surface area contributed by atoms with Gasteiger partial charge in [-0.15, -0.1) is 0 Å². The van der Waals surface area contributed by atoms with Gasteiger partial charge in [0.1, 0.15) is 0 Å². The Morgan fingerprint density at radius 3 is 2.47 bits per heavy atom. The lowest BCUT2D eigenvalue weighted by molar-refractivity contribution is 0.0857. The lowest BCUT2D eigenvalue weighted by Crippen LogP contribution is -2.44. The Hall–Kier alpha value is -2.37. The van der Waals surface area contributed by atoms with Crippen LogP contribution in [-0.4, -0.2) is 41.0 Å². The first-order chi connectivity index (χ1) is 14.6. The molecule has 1 unspecified atom stereocenters. The maximum atomic E-state index is 14.1. The van der Waals surface area contributed by atoms with Crippen LogP contribution in [0.25, 0.3) is 10.9 Å². The van der Waals surface area contributed by atoms with E-state index in [-0.39, 0.29) is 5.41 Å². The maximum Gasteiger partial charge on any atom is 0.163 e. The van der Waals surface area contributed by atoms with Crippen molar-refractivity contribution in [1.29, 1.82) is 0 Å². The van der Waals surface area contributed by atoms with Gasteiger partial charge in [0.15, 0.2) is 11.6 Å². The minimum atomic E-state index is -0.755. The highest BCUT2D eigenvalue weighted by atomic mass is 19.2. The zero-order valence-electron chi connectivity index (χ0n) is 17.2. The van der Waals surface area contributed by atoms with Crippen LogP contribution in [0.3, 0.4) is 0 Å². The Labute approximate surface area is 176 Å². The van der Waals surface area contributed by atoms with E-state index in [0.29, 0.717) is 12.1 Å². The van der Waals surface area contributed by atoms with Crippen molar-refractivity contribution in [3.05, 3.63) is 77.5 Å². The molecule has 30 heavy (non-hydrogen) atoms. The molecule has 2 fully saturated rings. The predicted molar refractivity (Wildman–Crippen MR) is 115 cm³/mol. The summed E-state index contributed by atoms with van der Waals surface area (Å²) in [4.78, 5) is 9.45. The lowest BCUT2D eigenvalue weighted by Gasteiger charge is -2.40. The Morgan fingerprint density at radius 2 is 1.57 bits per heavy atom. The van der Waals surface area contributed by atoms with Crippen molar-refractivity contribution in [1.82, 2.24) is 14.8 Å². The van der Waals surface area contributed by atoms with Crippen molar-refractivity contribution in [3.8, 4) is 0 Å². The molecule has 2 aliphatic rings. The smallest absolute Gasteiger partial charge is 0.163 e. The molecular formula is C25H27F2N3. The number of likely N-dealkylation sites (tertiary alicyclic amines) is 2. The first-order valence-electron chi connectivity index (χ1n) is 10.8. The molecular weight excluding hydrogens is 380 g/mol. The number of pyridine rings is 1. The van der Waals surface area contributed by atoms with Crippen LogP contribution < -0.4 is 0 Å². The number of fused-ring (bicyclic) bond motifs is 1. The molecule has 3 aromatic rings. The van der Waals surface area contributed by atoms with E-state index >= 15 is 0 Å².